The fourth-order valence-corrected chi connectivity index (χ4v) is 4.87. The van der Waals surface area contributed by atoms with Crippen molar-refractivity contribution in [3.05, 3.63) is 59.5 Å². The van der Waals surface area contributed by atoms with Gasteiger partial charge in [0.25, 0.3) is 0 Å². The lowest BCUT2D eigenvalue weighted by atomic mass is 10.1. The lowest BCUT2D eigenvalue weighted by Gasteiger charge is -2.35. The van der Waals surface area contributed by atoms with Crippen molar-refractivity contribution < 1.29 is 18.3 Å². The first-order valence-electron chi connectivity index (χ1n) is 12.7. The Morgan fingerprint density at radius 3 is 2.42 bits per heavy atom. The summed E-state index contributed by atoms with van der Waals surface area (Å²) in [5.41, 5.74) is 3.42. The smallest absolute Gasteiger partial charge is 0.241 e. The number of halogens is 2. The van der Waals surface area contributed by atoms with Gasteiger partial charge in [-0.3, -0.25) is 4.79 Å². The van der Waals surface area contributed by atoms with Gasteiger partial charge < -0.3 is 19.9 Å². The fourth-order valence-electron chi connectivity index (χ4n) is 3.60. The van der Waals surface area contributed by atoms with Gasteiger partial charge in [0.1, 0.15) is 12.0 Å². The van der Waals surface area contributed by atoms with Gasteiger partial charge in [-0.25, -0.2) is 8.78 Å². The van der Waals surface area contributed by atoms with E-state index in [-0.39, 0.29) is 5.78 Å². The van der Waals surface area contributed by atoms with E-state index in [0.717, 1.165) is 54.7 Å². The Balaban J connectivity index is 0.000000623. The molecule has 0 bridgehead atoms. The van der Waals surface area contributed by atoms with Gasteiger partial charge in [0.2, 0.25) is 6.43 Å². The number of rotatable bonds is 8. The van der Waals surface area contributed by atoms with Gasteiger partial charge in [-0.05, 0) is 54.1 Å². The molecule has 5 nitrogen and oxygen atoms in total. The first-order chi connectivity index (χ1) is 17.3. The van der Waals surface area contributed by atoms with Crippen molar-refractivity contribution in [3.63, 3.8) is 0 Å². The van der Waals surface area contributed by atoms with Crippen molar-refractivity contribution in [2.45, 2.75) is 53.2 Å². The summed E-state index contributed by atoms with van der Waals surface area (Å²) in [7, 11) is 4.27. The van der Waals surface area contributed by atoms with Crippen molar-refractivity contribution >= 4 is 20.2 Å². The predicted molar refractivity (Wildman–Crippen MR) is 150 cm³/mol. The molecule has 1 saturated heterocycles. The largest absolute Gasteiger partial charge is 0.496 e. The van der Waals surface area contributed by atoms with E-state index < -0.39 is 12.3 Å². The lowest BCUT2D eigenvalue weighted by molar-refractivity contribution is -0.104. The fraction of sp³-hybridized carbons (Fsp3) is 0.536. The van der Waals surface area contributed by atoms with Gasteiger partial charge in [0.05, 0.1) is 18.6 Å². The molecule has 0 radical (unpaired) electrons. The van der Waals surface area contributed by atoms with E-state index in [9.17, 15) is 13.6 Å². The SMILES string of the molecule is CC.CCC(C)C(F)F.COc1ccc(/C(=C/C=O)PC2C=CC(N3CCNCC3)=CN2C)cc1C. The minimum atomic E-state index is -2.13. The van der Waals surface area contributed by atoms with Crippen LogP contribution in [0.25, 0.3) is 5.31 Å². The van der Waals surface area contributed by atoms with Crippen LogP contribution < -0.4 is 10.1 Å². The Morgan fingerprint density at radius 2 is 1.94 bits per heavy atom. The highest BCUT2D eigenvalue weighted by molar-refractivity contribution is 7.51. The summed E-state index contributed by atoms with van der Waals surface area (Å²) in [6.07, 6.45) is 7.71. The highest BCUT2D eigenvalue weighted by Gasteiger charge is 2.20. The zero-order chi connectivity index (χ0) is 27.1. The van der Waals surface area contributed by atoms with Gasteiger partial charge in [-0.1, -0.05) is 48.4 Å². The van der Waals surface area contributed by atoms with Crippen molar-refractivity contribution in [1.82, 2.24) is 15.1 Å². The number of allylic oxidation sites excluding steroid dienone is 2. The Labute approximate surface area is 218 Å². The maximum absolute atomic E-state index is 11.4. The quantitative estimate of drug-likeness (QED) is 0.253. The molecule has 2 aliphatic heterocycles. The standard InChI is InChI=1S/C21H28N3O2P.C5H10F2.C2H6/c1-16-14-17(4-6-19(16)26-3)20(8-13-25)27-21-7-5-18(15-23(21)2)24-11-9-22-10-12-24;1-3-4(2)5(6)7;1-2/h4-8,13-15,21-22,27H,9-12H2,1-3H3;4-5H,3H2,1-2H3;1-2H3/b20-8-;;. The van der Waals surface area contributed by atoms with E-state index in [2.05, 4.69) is 46.6 Å². The number of aldehydes is 1. The summed E-state index contributed by atoms with van der Waals surface area (Å²) >= 11 is 0. The molecular formula is C28H44F2N3O2P. The Hall–Kier alpha value is -2.24. The number of aryl methyl sites for hydroxylation is 1. The third-order valence-electron chi connectivity index (χ3n) is 6.02. The first kappa shape index (κ1) is 31.8. The summed E-state index contributed by atoms with van der Waals surface area (Å²) in [4.78, 5) is 15.9. The number of alkyl halides is 2. The monoisotopic (exact) mass is 523 g/mol. The van der Waals surface area contributed by atoms with E-state index in [1.54, 1.807) is 27.0 Å². The minimum Gasteiger partial charge on any atom is -0.496 e. The van der Waals surface area contributed by atoms with Gasteiger partial charge in [0.15, 0.2) is 0 Å². The average Bonchev–Trinajstić information content (AvgIpc) is 2.90. The number of carbonyl (C=O) groups excluding carboxylic acids is 1. The number of nitrogens with one attached hydrogen (secondary N) is 1. The molecule has 0 aliphatic carbocycles. The van der Waals surface area contributed by atoms with Crippen LogP contribution in [0.1, 0.15) is 45.2 Å². The molecule has 1 aromatic carbocycles. The van der Waals surface area contributed by atoms with Gasteiger partial charge in [-0.2, -0.15) is 0 Å². The van der Waals surface area contributed by atoms with Crippen LogP contribution >= 0.6 is 8.58 Å². The number of likely N-dealkylation sites (N-methyl/N-ethyl adjacent to an activating group) is 1. The second-order valence-electron chi connectivity index (χ2n) is 8.53. The number of piperazine rings is 1. The third kappa shape index (κ3) is 10.0. The average molecular weight is 524 g/mol. The lowest BCUT2D eigenvalue weighted by Crippen LogP contribution is -2.43. The maximum atomic E-state index is 11.4. The molecule has 3 unspecified atom stereocenters. The van der Waals surface area contributed by atoms with Crippen LogP contribution in [0.15, 0.2) is 48.3 Å². The van der Waals surface area contributed by atoms with E-state index >= 15 is 0 Å². The van der Waals surface area contributed by atoms with Crippen molar-refractivity contribution in [1.29, 1.82) is 0 Å². The minimum absolute atomic E-state index is 0.255. The van der Waals surface area contributed by atoms with Crippen molar-refractivity contribution in [2.24, 2.45) is 5.92 Å². The van der Waals surface area contributed by atoms with Gasteiger partial charge >= 0.3 is 0 Å². The normalized spacial score (nSPS) is 18.8. The molecule has 2 heterocycles. The number of benzene rings is 1. The summed E-state index contributed by atoms with van der Waals surface area (Å²) in [5.74, 6) is 0.691. The molecule has 3 atom stereocenters. The summed E-state index contributed by atoms with van der Waals surface area (Å²) < 4.78 is 28.2. The second-order valence-corrected chi connectivity index (χ2v) is 9.94. The Bertz CT molecular complexity index is 884. The molecular weight excluding hydrogens is 479 g/mol. The molecule has 202 valence electrons. The third-order valence-corrected chi connectivity index (χ3v) is 7.69. The topological polar surface area (TPSA) is 44.8 Å². The summed E-state index contributed by atoms with van der Waals surface area (Å²) in [6, 6.07) is 6.09. The predicted octanol–water partition coefficient (Wildman–Crippen LogP) is 6.12. The number of ether oxygens (including phenoxy) is 1. The maximum Gasteiger partial charge on any atom is 0.241 e. The van der Waals surface area contributed by atoms with Crippen LogP contribution in [0.4, 0.5) is 8.78 Å². The molecule has 2 aliphatic rings. The Kier molecular flexibility index (Phi) is 15.2. The number of methoxy groups -OCH3 is 1. The van der Waals surface area contributed by atoms with Crippen molar-refractivity contribution in [2.75, 3.05) is 40.3 Å². The molecule has 0 aromatic heterocycles. The number of hydrogen-bond donors (Lipinski definition) is 1. The molecule has 0 amide bonds. The van der Waals surface area contributed by atoms with Gasteiger partial charge in [-0.15, -0.1) is 0 Å². The van der Waals surface area contributed by atoms with E-state index in [0.29, 0.717) is 15.0 Å². The van der Waals surface area contributed by atoms with Crippen LogP contribution in [0.3, 0.4) is 0 Å². The van der Waals surface area contributed by atoms with E-state index in [1.807, 2.05) is 32.9 Å². The number of hydrogen-bond acceptors (Lipinski definition) is 5. The highest BCUT2D eigenvalue weighted by Crippen LogP contribution is 2.41. The molecule has 1 N–H and O–H groups in total. The zero-order valence-electron chi connectivity index (χ0n) is 22.9. The summed E-state index contributed by atoms with van der Waals surface area (Å²) in [6.45, 7) is 13.5. The molecule has 1 aromatic rings. The van der Waals surface area contributed by atoms with Crippen LogP contribution in [0.2, 0.25) is 0 Å². The molecule has 1 fully saturated rings. The second kappa shape index (κ2) is 17.3. The molecule has 3 rings (SSSR count). The van der Waals surface area contributed by atoms with E-state index in [1.165, 1.54) is 5.70 Å². The van der Waals surface area contributed by atoms with Crippen LogP contribution in [-0.4, -0.2) is 68.6 Å². The number of carbonyl (C=O) groups is 1. The zero-order valence-corrected chi connectivity index (χ0v) is 23.9. The summed E-state index contributed by atoms with van der Waals surface area (Å²) in [5, 5.41) is 4.46. The highest BCUT2D eigenvalue weighted by atomic mass is 31.1. The van der Waals surface area contributed by atoms with Gasteiger partial charge in [0, 0.05) is 45.3 Å². The van der Waals surface area contributed by atoms with Crippen LogP contribution in [0.5, 0.6) is 5.75 Å². The molecule has 8 heteroatoms. The number of nitrogens with zero attached hydrogens (tertiary/aromatic N) is 2. The Morgan fingerprint density at radius 1 is 1.28 bits per heavy atom. The first-order valence-corrected chi connectivity index (χ1v) is 13.8. The van der Waals surface area contributed by atoms with Crippen LogP contribution in [-0.2, 0) is 4.79 Å². The molecule has 0 spiro atoms. The molecule has 36 heavy (non-hydrogen) atoms. The van der Waals surface area contributed by atoms with E-state index in [4.69, 9.17) is 4.74 Å². The molecule has 0 saturated carbocycles. The van der Waals surface area contributed by atoms with Crippen molar-refractivity contribution in [3.8, 4) is 5.75 Å². The van der Waals surface area contributed by atoms with Crippen LogP contribution in [0, 0.1) is 12.8 Å².